The molecule has 4 nitrogen and oxygen atoms in total. The van der Waals surface area contributed by atoms with Gasteiger partial charge in [-0.1, -0.05) is 42.5 Å². The molecule has 4 heteroatoms. The summed E-state index contributed by atoms with van der Waals surface area (Å²) in [5.41, 5.74) is 7.72. The predicted molar refractivity (Wildman–Crippen MR) is 78.1 cm³/mol. The van der Waals surface area contributed by atoms with Gasteiger partial charge in [0.05, 0.1) is 6.10 Å². The molecule has 2 aromatic carbocycles. The largest absolute Gasteiger partial charge is 0.387 e. The lowest BCUT2D eigenvalue weighted by Crippen LogP contribution is -2.22. The highest BCUT2D eigenvalue weighted by Gasteiger charge is 2.08. The van der Waals surface area contributed by atoms with Crippen LogP contribution in [-0.4, -0.2) is 17.6 Å². The first-order chi connectivity index (χ1) is 9.70. The molecule has 0 aliphatic carbocycles. The van der Waals surface area contributed by atoms with Crippen molar-refractivity contribution in [2.45, 2.75) is 12.6 Å². The summed E-state index contributed by atoms with van der Waals surface area (Å²) < 4.78 is 0. The minimum atomic E-state index is -0.684. The number of nitrogens with one attached hydrogen (secondary N) is 1. The fourth-order valence-electron chi connectivity index (χ4n) is 1.87. The maximum atomic E-state index is 12.0. The van der Waals surface area contributed by atoms with Gasteiger partial charge in [0, 0.05) is 18.7 Å². The molecule has 0 bridgehead atoms. The Morgan fingerprint density at radius 1 is 1.10 bits per heavy atom. The molecular weight excluding hydrogens is 252 g/mol. The van der Waals surface area contributed by atoms with Crippen molar-refractivity contribution in [3.8, 4) is 0 Å². The number of carbonyl (C=O) groups is 1. The normalized spacial score (nSPS) is 11.9. The number of rotatable bonds is 5. The molecule has 0 aromatic heterocycles. The molecule has 2 rings (SSSR count). The lowest BCUT2D eigenvalue weighted by Gasteiger charge is -2.09. The lowest BCUT2D eigenvalue weighted by atomic mass is 10.1. The van der Waals surface area contributed by atoms with Crippen molar-refractivity contribution in [3.05, 3.63) is 71.3 Å². The van der Waals surface area contributed by atoms with Gasteiger partial charge >= 0.3 is 0 Å². The van der Waals surface area contributed by atoms with E-state index in [1.54, 1.807) is 24.3 Å². The topological polar surface area (TPSA) is 75.3 Å². The zero-order chi connectivity index (χ0) is 14.4. The summed E-state index contributed by atoms with van der Waals surface area (Å²) in [7, 11) is 0. The molecule has 0 fully saturated rings. The molecule has 104 valence electrons. The summed E-state index contributed by atoms with van der Waals surface area (Å²) in [5, 5.41) is 12.4. The van der Waals surface area contributed by atoms with E-state index in [0.717, 1.165) is 5.56 Å². The van der Waals surface area contributed by atoms with Gasteiger partial charge in [0.1, 0.15) is 0 Å². The van der Waals surface area contributed by atoms with E-state index in [4.69, 9.17) is 5.73 Å². The molecule has 2 aromatic rings. The van der Waals surface area contributed by atoms with Crippen molar-refractivity contribution in [3.63, 3.8) is 0 Å². The Morgan fingerprint density at radius 2 is 1.75 bits per heavy atom. The number of benzene rings is 2. The summed E-state index contributed by atoms with van der Waals surface area (Å²) in [6.07, 6.45) is -0.684. The van der Waals surface area contributed by atoms with Crippen molar-refractivity contribution in [1.29, 1.82) is 0 Å². The van der Waals surface area contributed by atoms with E-state index in [0.29, 0.717) is 17.7 Å². The van der Waals surface area contributed by atoms with Crippen molar-refractivity contribution in [2.75, 3.05) is 6.54 Å². The number of nitrogens with two attached hydrogens (primary N) is 1. The van der Waals surface area contributed by atoms with E-state index in [-0.39, 0.29) is 12.5 Å². The van der Waals surface area contributed by atoms with Crippen LogP contribution >= 0.6 is 0 Å². The highest BCUT2D eigenvalue weighted by Crippen LogP contribution is 2.12. The third kappa shape index (κ3) is 3.66. The first-order valence-electron chi connectivity index (χ1n) is 6.51. The van der Waals surface area contributed by atoms with Crippen LogP contribution < -0.4 is 11.1 Å². The van der Waals surface area contributed by atoms with Crippen molar-refractivity contribution < 1.29 is 9.90 Å². The number of carbonyl (C=O) groups excluding carboxylic acids is 1. The number of aliphatic hydroxyl groups excluding tert-OH is 1. The smallest absolute Gasteiger partial charge is 0.251 e. The summed E-state index contributed by atoms with van der Waals surface area (Å²) in [5.74, 6) is -0.136. The summed E-state index contributed by atoms with van der Waals surface area (Å²) >= 11 is 0. The molecule has 20 heavy (non-hydrogen) atoms. The quantitative estimate of drug-likeness (QED) is 0.772. The van der Waals surface area contributed by atoms with Gasteiger partial charge in [-0.15, -0.1) is 0 Å². The van der Waals surface area contributed by atoms with Crippen LogP contribution in [0.2, 0.25) is 0 Å². The molecule has 4 N–H and O–H groups in total. The van der Waals surface area contributed by atoms with Gasteiger partial charge in [-0.05, 0) is 23.3 Å². The van der Waals surface area contributed by atoms with Crippen LogP contribution in [0, 0.1) is 0 Å². The fraction of sp³-hybridized carbons (Fsp3) is 0.188. The van der Waals surface area contributed by atoms with E-state index in [1.165, 1.54) is 0 Å². The van der Waals surface area contributed by atoms with Crippen molar-refractivity contribution in [2.24, 2.45) is 5.73 Å². The van der Waals surface area contributed by atoms with Gasteiger partial charge in [0.25, 0.3) is 5.91 Å². The molecule has 0 saturated heterocycles. The highest BCUT2D eigenvalue weighted by molar-refractivity contribution is 5.94. The number of hydrogen-bond acceptors (Lipinski definition) is 3. The van der Waals surface area contributed by atoms with E-state index in [2.05, 4.69) is 5.32 Å². The van der Waals surface area contributed by atoms with Gasteiger partial charge in [-0.25, -0.2) is 0 Å². The molecule has 1 unspecified atom stereocenters. The van der Waals surface area contributed by atoms with Gasteiger partial charge in [-0.3, -0.25) is 4.79 Å². The minimum Gasteiger partial charge on any atom is -0.387 e. The van der Waals surface area contributed by atoms with Crippen LogP contribution in [0.1, 0.15) is 27.6 Å². The molecule has 0 spiro atoms. The predicted octanol–water partition coefficient (Wildman–Crippen LogP) is 1.61. The summed E-state index contributed by atoms with van der Waals surface area (Å²) in [6, 6.07) is 16.5. The van der Waals surface area contributed by atoms with Crippen LogP contribution in [0.3, 0.4) is 0 Å². The molecule has 0 heterocycles. The third-order valence-corrected chi connectivity index (χ3v) is 3.08. The Balaban J connectivity index is 1.96. The van der Waals surface area contributed by atoms with E-state index >= 15 is 0 Å². The van der Waals surface area contributed by atoms with Crippen LogP contribution in [0.15, 0.2) is 54.6 Å². The molecule has 0 radical (unpaired) electrons. The van der Waals surface area contributed by atoms with E-state index < -0.39 is 6.10 Å². The third-order valence-electron chi connectivity index (χ3n) is 3.08. The van der Waals surface area contributed by atoms with Crippen LogP contribution in [0.25, 0.3) is 0 Å². The molecular formula is C16H18N2O2. The maximum Gasteiger partial charge on any atom is 0.251 e. The second-order valence-electron chi connectivity index (χ2n) is 4.54. The van der Waals surface area contributed by atoms with Crippen LogP contribution in [0.5, 0.6) is 0 Å². The highest BCUT2D eigenvalue weighted by atomic mass is 16.3. The standard InChI is InChI=1S/C16H18N2O2/c17-10-15(19)13-6-8-14(9-7-13)16(20)18-11-12-4-2-1-3-5-12/h1-9,15,19H,10-11,17H2,(H,18,20). The lowest BCUT2D eigenvalue weighted by molar-refractivity contribution is 0.0950. The van der Waals surface area contributed by atoms with E-state index in [1.807, 2.05) is 30.3 Å². The zero-order valence-electron chi connectivity index (χ0n) is 11.1. The maximum absolute atomic E-state index is 12.0. The van der Waals surface area contributed by atoms with Crippen LogP contribution in [0.4, 0.5) is 0 Å². The zero-order valence-corrected chi connectivity index (χ0v) is 11.1. The molecule has 1 atom stereocenters. The number of amides is 1. The SMILES string of the molecule is NCC(O)c1ccc(C(=O)NCc2ccccc2)cc1. The number of hydrogen-bond donors (Lipinski definition) is 3. The Labute approximate surface area is 118 Å². The summed E-state index contributed by atoms with van der Waals surface area (Å²) in [6.45, 7) is 0.659. The molecule has 0 saturated carbocycles. The minimum absolute atomic E-state index is 0.136. The molecule has 0 aliphatic rings. The number of aliphatic hydroxyl groups is 1. The first-order valence-corrected chi connectivity index (χ1v) is 6.51. The second-order valence-corrected chi connectivity index (χ2v) is 4.54. The van der Waals surface area contributed by atoms with Crippen molar-refractivity contribution >= 4 is 5.91 Å². The Hall–Kier alpha value is -2.17. The average Bonchev–Trinajstić information content (AvgIpc) is 2.53. The van der Waals surface area contributed by atoms with Crippen molar-refractivity contribution in [1.82, 2.24) is 5.32 Å². The van der Waals surface area contributed by atoms with E-state index in [9.17, 15) is 9.90 Å². The van der Waals surface area contributed by atoms with Gasteiger partial charge in [0.15, 0.2) is 0 Å². The Morgan fingerprint density at radius 3 is 2.35 bits per heavy atom. The van der Waals surface area contributed by atoms with Gasteiger partial charge in [0.2, 0.25) is 0 Å². The molecule has 1 amide bonds. The van der Waals surface area contributed by atoms with Gasteiger partial charge in [-0.2, -0.15) is 0 Å². The fourth-order valence-corrected chi connectivity index (χ4v) is 1.87. The molecule has 0 aliphatic heterocycles. The Bertz CT molecular complexity index is 552. The second kappa shape index (κ2) is 6.84. The van der Waals surface area contributed by atoms with Crippen LogP contribution in [-0.2, 0) is 6.54 Å². The average molecular weight is 270 g/mol. The summed E-state index contributed by atoms with van der Waals surface area (Å²) in [4.78, 5) is 12.0. The monoisotopic (exact) mass is 270 g/mol. The van der Waals surface area contributed by atoms with Gasteiger partial charge < -0.3 is 16.2 Å². The Kier molecular flexibility index (Phi) is 4.87. The first kappa shape index (κ1) is 14.2.